The largest absolute Gasteiger partial charge is 0.480 e. The van der Waals surface area contributed by atoms with Crippen molar-refractivity contribution in [3.63, 3.8) is 0 Å². The van der Waals surface area contributed by atoms with Gasteiger partial charge in [0, 0.05) is 5.54 Å². The Morgan fingerprint density at radius 3 is 2.39 bits per heavy atom. The Morgan fingerprint density at radius 2 is 1.94 bits per heavy atom. The first-order valence-corrected chi connectivity index (χ1v) is 6.25. The molecule has 2 fully saturated rings. The van der Waals surface area contributed by atoms with Gasteiger partial charge >= 0.3 is 12.0 Å². The van der Waals surface area contributed by atoms with E-state index in [1.165, 1.54) is 0 Å². The second kappa shape index (κ2) is 4.42. The quantitative estimate of drug-likeness (QED) is 0.780. The minimum atomic E-state index is -0.985. The van der Waals surface area contributed by atoms with E-state index in [4.69, 9.17) is 9.84 Å². The number of likely N-dealkylation sites (tertiary alicyclic amines) is 1. The molecule has 0 aromatic carbocycles. The number of urea groups is 1. The van der Waals surface area contributed by atoms with Crippen LogP contribution in [0.4, 0.5) is 4.79 Å². The molecule has 1 saturated heterocycles. The third-order valence-electron chi connectivity index (χ3n) is 3.75. The Labute approximate surface area is 106 Å². The number of amides is 2. The van der Waals surface area contributed by atoms with Gasteiger partial charge in [0.2, 0.25) is 0 Å². The summed E-state index contributed by atoms with van der Waals surface area (Å²) in [6.45, 7) is 4.45. The molecule has 6 nitrogen and oxygen atoms in total. The first-order valence-electron chi connectivity index (χ1n) is 6.25. The van der Waals surface area contributed by atoms with Crippen molar-refractivity contribution in [3.05, 3.63) is 0 Å². The van der Waals surface area contributed by atoms with Crippen molar-refractivity contribution in [2.45, 2.75) is 44.2 Å². The Kier molecular flexibility index (Phi) is 3.23. The van der Waals surface area contributed by atoms with E-state index in [0.717, 1.165) is 19.3 Å². The second-order valence-corrected chi connectivity index (χ2v) is 5.83. The molecule has 2 rings (SSSR count). The van der Waals surface area contributed by atoms with Crippen LogP contribution in [0.1, 0.15) is 33.1 Å². The van der Waals surface area contributed by atoms with Gasteiger partial charge in [-0.15, -0.1) is 0 Å². The van der Waals surface area contributed by atoms with Crippen LogP contribution in [0.15, 0.2) is 0 Å². The maximum absolute atomic E-state index is 11.9. The van der Waals surface area contributed by atoms with E-state index in [0.29, 0.717) is 13.1 Å². The van der Waals surface area contributed by atoms with Gasteiger partial charge in [0.15, 0.2) is 0 Å². The molecule has 1 saturated carbocycles. The Morgan fingerprint density at radius 1 is 1.33 bits per heavy atom. The van der Waals surface area contributed by atoms with Gasteiger partial charge < -0.3 is 20.1 Å². The molecule has 0 radical (unpaired) electrons. The van der Waals surface area contributed by atoms with Crippen LogP contribution in [0.3, 0.4) is 0 Å². The van der Waals surface area contributed by atoms with Gasteiger partial charge in [0.1, 0.15) is 12.2 Å². The number of nitrogens with one attached hydrogen (secondary N) is 1. The van der Waals surface area contributed by atoms with Gasteiger partial charge in [-0.25, -0.2) is 9.59 Å². The lowest BCUT2D eigenvalue weighted by Gasteiger charge is -2.49. The molecule has 2 amide bonds. The van der Waals surface area contributed by atoms with E-state index in [1.807, 2.05) is 13.8 Å². The monoisotopic (exact) mass is 256 g/mol. The molecular formula is C12H20N2O4. The maximum Gasteiger partial charge on any atom is 0.329 e. The van der Waals surface area contributed by atoms with E-state index < -0.39 is 11.6 Å². The van der Waals surface area contributed by atoms with Crippen molar-refractivity contribution in [1.29, 1.82) is 0 Å². The summed E-state index contributed by atoms with van der Waals surface area (Å²) < 4.78 is 5.26. The fraction of sp³-hybridized carbons (Fsp3) is 0.833. The SMILES string of the molecule is CC1(NC(=O)N2CC(C)(OCC(=O)O)C2)CCC1. The molecule has 6 heteroatoms. The second-order valence-electron chi connectivity index (χ2n) is 5.83. The lowest BCUT2D eigenvalue weighted by Crippen LogP contribution is -2.67. The normalized spacial score (nSPS) is 23.8. The Hall–Kier alpha value is -1.30. The van der Waals surface area contributed by atoms with Crippen molar-refractivity contribution in [1.82, 2.24) is 10.2 Å². The van der Waals surface area contributed by atoms with E-state index >= 15 is 0 Å². The van der Waals surface area contributed by atoms with Crippen LogP contribution in [-0.4, -0.2) is 52.8 Å². The topological polar surface area (TPSA) is 78.9 Å². The molecule has 2 N–H and O–H groups in total. The summed E-state index contributed by atoms with van der Waals surface area (Å²) in [6, 6.07) is -0.0754. The lowest BCUT2D eigenvalue weighted by molar-refractivity contribution is -0.159. The Balaban J connectivity index is 1.74. The summed E-state index contributed by atoms with van der Waals surface area (Å²) in [5.41, 5.74) is -0.568. The number of carbonyl (C=O) groups is 2. The first-order chi connectivity index (χ1) is 8.32. The third-order valence-corrected chi connectivity index (χ3v) is 3.75. The van der Waals surface area contributed by atoms with Gasteiger partial charge in [0.05, 0.1) is 13.1 Å². The zero-order valence-electron chi connectivity index (χ0n) is 10.9. The number of hydrogen-bond acceptors (Lipinski definition) is 3. The molecule has 1 heterocycles. The molecule has 0 aromatic rings. The van der Waals surface area contributed by atoms with Crippen LogP contribution in [0, 0.1) is 0 Å². The molecule has 18 heavy (non-hydrogen) atoms. The fourth-order valence-corrected chi connectivity index (χ4v) is 2.40. The summed E-state index contributed by atoms with van der Waals surface area (Å²) in [5.74, 6) is -0.985. The van der Waals surface area contributed by atoms with Crippen LogP contribution >= 0.6 is 0 Å². The van der Waals surface area contributed by atoms with Gasteiger partial charge in [-0.1, -0.05) is 0 Å². The number of rotatable bonds is 4. The number of ether oxygens (including phenoxy) is 1. The van der Waals surface area contributed by atoms with Crippen LogP contribution in [-0.2, 0) is 9.53 Å². The first kappa shape index (κ1) is 13.1. The van der Waals surface area contributed by atoms with Crippen LogP contribution in [0.2, 0.25) is 0 Å². The van der Waals surface area contributed by atoms with Crippen molar-refractivity contribution in [2.24, 2.45) is 0 Å². The van der Waals surface area contributed by atoms with E-state index in [2.05, 4.69) is 5.32 Å². The van der Waals surface area contributed by atoms with Gasteiger partial charge in [-0.05, 0) is 33.1 Å². The standard InChI is InChI=1S/C12H20N2O4/c1-11(4-3-5-11)13-10(17)14-7-12(2,8-14)18-6-9(15)16/h3-8H2,1-2H3,(H,13,17)(H,15,16). The zero-order valence-corrected chi connectivity index (χ0v) is 10.9. The molecule has 102 valence electrons. The summed E-state index contributed by atoms with van der Waals surface area (Å²) >= 11 is 0. The summed E-state index contributed by atoms with van der Waals surface area (Å²) in [4.78, 5) is 24.0. The number of carboxylic acids is 1. The molecular weight excluding hydrogens is 236 g/mol. The molecule has 0 aromatic heterocycles. The number of aliphatic carboxylic acids is 1. The minimum absolute atomic E-state index is 0.0506. The number of nitrogens with zero attached hydrogens (tertiary/aromatic N) is 1. The van der Waals surface area contributed by atoms with Crippen molar-refractivity contribution < 1.29 is 19.4 Å². The number of hydrogen-bond donors (Lipinski definition) is 2. The lowest BCUT2D eigenvalue weighted by atomic mass is 9.78. The molecule has 1 aliphatic heterocycles. The van der Waals surface area contributed by atoms with Gasteiger partial charge in [0.25, 0.3) is 0 Å². The highest BCUT2D eigenvalue weighted by Crippen LogP contribution is 2.32. The smallest absolute Gasteiger partial charge is 0.329 e. The maximum atomic E-state index is 11.9. The molecule has 0 unspecified atom stereocenters. The zero-order chi connectivity index (χ0) is 13.4. The summed E-state index contributed by atoms with van der Waals surface area (Å²) in [5, 5.41) is 11.6. The summed E-state index contributed by atoms with van der Waals surface area (Å²) in [7, 11) is 0. The third kappa shape index (κ3) is 2.75. The average Bonchev–Trinajstić information content (AvgIpc) is 2.20. The van der Waals surface area contributed by atoms with E-state index in [-0.39, 0.29) is 18.2 Å². The summed E-state index contributed by atoms with van der Waals surface area (Å²) in [6.07, 6.45) is 3.22. The van der Waals surface area contributed by atoms with Gasteiger partial charge in [-0.3, -0.25) is 0 Å². The Bertz CT molecular complexity index is 359. The molecule has 0 spiro atoms. The highest BCUT2D eigenvalue weighted by molar-refractivity contribution is 5.76. The molecule has 2 aliphatic rings. The van der Waals surface area contributed by atoms with Crippen LogP contribution in [0.5, 0.6) is 0 Å². The van der Waals surface area contributed by atoms with Crippen molar-refractivity contribution in [3.8, 4) is 0 Å². The fourth-order valence-electron chi connectivity index (χ4n) is 2.40. The van der Waals surface area contributed by atoms with E-state index in [1.54, 1.807) is 4.90 Å². The molecule has 0 atom stereocenters. The van der Waals surface area contributed by atoms with Crippen LogP contribution < -0.4 is 5.32 Å². The molecule has 0 bridgehead atoms. The highest BCUT2D eigenvalue weighted by atomic mass is 16.5. The van der Waals surface area contributed by atoms with Crippen LogP contribution in [0.25, 0.3) is 0 Å². The van der Waals surface area contributed by atoms with Crippen molar-refractivity contribution >= 4 is 12.0 Å². The number of carbonyl (C=O) groups excluding carboxylic acids is 1. The minimum Gasteiger partial charge on any atom is -0.480 e. The van der Waals surface area contributed by atoms with Gasteiger partial charge in [-0.2, -0.15) is 0 Å². The van der Waals surface area contributed by atoms with E-state index in [9.17, 15) is 9.59 Å². The van der Waals surface area contributed by atoms with Crippen molar-refractivity contribution in [2.75, 3.05) is 19.7 Å². The predicted octanol–water partition coefficient (Wildman–Crippen LogP) is 0.814. The molecule has 1 aliphatic carbocycles. The average molecular weight is 256 g/mol. The number of carboxylic acid groups (broad SMARTS) is 1. The predicted molar refractivity (Wildman–Crippen MR) is 64.4 cm³/mol. The highest BCUT2D eigenvalue weighted by Gasteiger charge is 2.44.